The Labute approximate surface area is 79.1 Å². The number of rotatable bonds is 2. The SMILES string of the molecule is CC(=O)C(C)NC(=O)NC(C)(C)C. The maximum atomic E-state index is 11.2. The van der Waals surface area contributed by atoms with E-state index in [1.165, 1.54) is 6.92 Å². The van der Waals surface area contributed by atoms with E-state index >= 15 is 0 Å². The van der Waals surface area contributed by atoms with E-state index in [2.05, 4.69) is 10.6 Å². The summed E-state index contributed by atoms with van der Waals surface area (Å²) in [7, 11) is 0. The molecular formula is C9H18N2O2. The molecule has 2 amide bonds. The molecule has 2 N–H and O–H groups in total. The number of carbonyl (C=O) groups excluding carboxylic acids is 2. The first kappa shape index (κ1) is 11.9. The molecule has 0 aliphatic rings. The van der Waals surface area contributed by atoms with E-state index in [0.717, 1.165) is 0 Å². The third-order valence-electron chi connectivity index (χ3n) is 1.45. The molecule has 0 rings (SSSR count). The lowest BCUT2D eigenvalue weighted by molar-refractivity contribution is -0.118. The minimum absolute atomic E-state index is 0.0518. The van der Waals surface area contributed by atoms with Gasteiger partial charge in [0.1, 0.15) is 0 Å². The molecule has 1 atom stereocenters. The highest BCUT2D eigenvalue weighted by Crippen LogP contribution is 1.97. The molecule has 0 bridgehead atoms. The van der Waals surface area contributed by atoms with E-state index in [-0.39, 0.29) is 17.4 Å². The summed E-state index contributed by atoms with van der Waals surface area (Å²) in [5.74, 6) is -0.0518. The predicted molar refractivity (Wildman–Crippen MR) is 51.6 cm³/mol. The van der Waals surface area contributed by atoms with Crippen molar-refractivity contribution in [2.45, 2.75) is 46.2 Å². The Hall–Kier alpha value is -1.06. The highest BCUT2D eigenvalue weighted by Gasteiger charge is 2.16. The average molecular weight is 186 g/mol. The number of nitrogens with one attached hydrogen (secondary N) is 2. The Morgan fingerprint density at radius 2 is 1.69 bits per heavy atom. The van der Waals surface area contributed by atoms with Gasteiger partial charge in [-0.3, -0.25) is 4.79 Å². The van der Waals surface area contributed by atoms with Gasteiger partial charge in [0, 0.05) is 5.54 Å². The molecule has 0 radical (unpaired) electrons. The van der Waals surface area contributed by atoms with Gasteiger partial charge in [-0.25, -0.2) is 4.79 Å². The van der Waals surface area contributed by atoms with Crippen LogP contribution in [0.5, 0.6) is 0 Å². The molecule has 0 fully saturated rings. The summed E-state index contributed by atoms with van der Waals surface area (Å²) < 4.78 is 0. The minimum atomic E-state index is -0.428. The van der Waals surface area contributed by atoms with E-state index < -0.39 is 6.04 Å². The Bertz CT molecular complexity index is 206. The van der Waals surface area contributed by atoms with Crippen molar-refractivity contribution in [3.05, 3.63) is 0 Å². The summed E-state index contributed by atoms with van der Waals surface area (Å²) in [6.07, 6.45) is 0. The third-order valence-corrected chi connectivity index (χ3v) is 1.45. The minimum Gasteiger partial charge on any atom is -0.334 e. The van der Waals surface area contributed by atoms with Crippen LogP contribution < -0.4 is 10.6 Å². The van der Waals surface area contributed by atoms with Crippen LogP contribution in [0.4, 0.5) is 4.79 Å². The first-order chi connectivity index (χ1) is 5.72. The fraction of sp³-hybridized carbons (Fsp3) is 0.778. The van der Waals surface area contributed by atoms with Gasteiger partial charge in [0.2, 0.25) is 0 Å². The summed E-state index contributed by atoms with van der Waals surface area (Å²) in [6, 6.07) is -0.738. The van der Waals surface area contributed by atoms with Gasteiger partial charge in [0.25, 0.3) is 0 Å². The molecule has 0 saturated heterocycles. The van der Waals surface area contributed by atoms with Crippen molar-refractivity contribution in [3.63, 3.8) is 0 Å². The van der Waals surface area contributed by atoms with Gasteiger partial charge in [-0.15, -0.1) is 0 Å². The second-order valence-electron chi connectivity index (χ2n) is 4.18. The Morgan fingerprint density at radius 3 is 2.00 bits per heavy atom. The zero-order chi connectivity index (χ0) is 10.6. The van der Waals surface area contributed by atoms with Crippen LogP contribution in [0.25, 0.3) is 0 Å². The van der Waals surface area contributed by atoms with Crippen LogP contribution in [0.2, 0.25) is 0 Å². The molecule has 1 unspecified atom stereocenters. The van der Waals surface area contributed by atoms with Gasteiger partial charge in [0.15, 0.2) is 5.78 Å². The smallest absolute Gasteiger partial charge is 0.315 e. The molecular weight excluding hydrogens is 168 g/mol. The second kappa shape index (κ2) is 4.25. The monoisotopic (exact) mass is 186 g/mol. The molecule has 0 spiro atoms. The number of hydrogen-bond donors (Lipinski definition) is 2. The van der Waals surface area contributed by atoms with Crippen molar-refractivity contribution in [3.8, 4) is 0 Å². The molecule has 4 heteroatoms. The number of Topliss-reactive ketones (excluding diaryl/α,β-unsaturated/α-hetero) is 1. The van der Waals surface area contributed by atoms with Gasteiger partial charge >= 0.3 is 6.03 Å². The maximum absolute atomic E-state index is 11.2. The highest BCUT2D eigenvalue weighted by molar-refractivity contribution is 5.86. The van der Waals surface area contributed by atoms with Crippen LogP contribution in [0.3, 0.4) is 0 Å². The van der Waals surface area contributed by atoms with Crippen LogP contribution >= 0.6 is 0 Å². The number of carbonyl (C=O) groups is 2. The summed E-state index contributed by atoms with van der Waals surface area (Å²) >= 11 is 0. The van der Waals surface area contributed by atoms with E-state index in [9.17, 15) is 9.59 Å². The fourth-order valence-electron chi connectivity index (χ4n) is 0.675. The fourth-order valence-corrected chi connectivity index (χ4v) is 0.675. The molecule has 0 saturated carbocycles. The molecule has 0 aromatic rings. The van der Waals surface area contributed by atoms with Gasteiger partial charge < -0.3 is 10.6 Å². The van der Waals surface area contributed by atoms with Crippen molar-refractivity contribution in [1.82, 2.24) is 10.6 Å². The van der Waals surface area contributed by atoms with E-state index in [1.54, 1.807) is 6.92 Å². The zero-order valence-corrected chi connectivity index (χ0v) is 8.89. The lowest BCUT2D eigenvalue weighted by atomic mass is 10.1. The summed E-state index contributed by atoms with van der Waals surface area (Å²) in [5.41, 5.74) is -0.277. The normalized spacial score (nSPS) is 13.3. The Kier molecular flexibility index (Phi) is 3.91. The Morgan fingerprint density at radius 1 is 1.23 bits per heavy atom. The van der Waals surface area contributed by atoms with Crippen LogP contribution in [-0.2, 0) is 4.79 Å². The van der Waals surface area contributed by atoms with E-state index in [0.29, 0.717) is 0 Å². The largest absolute Gasteiger partial charge is 0.334 e. The van der Waals surface area contributed by atoms with Crippen molar-refractivity contribution >= 4 is 11.8 Å². The lowest BCUT2D eigenvalue weighted by Gasteiger charge is -2.22. The zero-order valence-electron chi connectivity index (χ0n) is 8.89. The van der Waals surface area contributed by atoms with Gasteiger partial charge in [-0.1, -0.05) is 0 Å². The second-order valence-corrected chi connectivity index (χ2v) is 4.18. The lowest BCUT2D eigenvalue weighted by Crippen LogP contribution is -2.50. The number of hydrogen-bond acceptors (Lipinski definition) is 2. The van der Waals surface area contributed by atoms with Gasteiger partial charge in [0.05, 0.1) is 6.04 Å². The van der Waals surface area contributed by atoms with Crippen LogP contribution in [0.15, 0.2) is 0 Å². The van der Waals surface area contributed by atoms with Gasteiger partial charge in [-0.2, -0.15) is 0 Å². The number of amides is 2. The summed E-state index contributed by atoms with van der Waals surface area (Å²) in [6.45, 7) is 8.74. The molecule has 0 aliphatic carbocycles. The van der Waals surface area contributed by atoms with Crippen LogP contribution in [-0.4, -0.2) is 23.4 Å². The molecule has 13 heavy (non-hydrogen) atoms. The summed E-state index contributed by atoms with van der Waals surface area (Å²) in [4.78, 5) is 22.0. The molecule has 76 valence electrons. The van der Waals surface area contributed by atoms with Crippen LogP contribution in [0.1, 0.15) is 34.6 Å². The molecule has 0 aliphatic heterocycles. The average Bonchev–Trinajstić information content (AvgIpc) is 1.81. The molecule has 0 aromatic heterocycles. The van der Waals surface area contributed by atoms with Crippen LogP contribution in [0, 0.1) is 0 Å². The standard InChI is InChI=1S/C9H18N2O2/c1-6(7(2)12)10-8(13)11-9(3,4)5/h6H,1-5H3,(H2,10,11,13). The molecule has 0 aromatic carbocycles. The third kappa shape index (κ3) is 6.13. The van der Waals surface area contributed by atoms with Crippen molar-refractivity contribution in [2.24, 2.45) is 0 Å². The Balaban J connectivity index is 3.96. The topological polar surface area (TPSA) is 58.2 Å². The number of urea groups is 1. The first-order valence-electron chi connectivity index (χ1n) is 4.31. The van der Waals surface area contributed by atoms with E-state index in [4.69, 9.17) is 0 Å². The van der Waals surface area contributed by atoms with Crippen molar-refractivity contribution in [2.75, 3.05) is 0 Å². The molecule has 4 nitrogen and oxygen atoms in total. The van der Waals surface area contributed by atoms with E-state index in [1.807, 2.05) is 20.8 Å². The highest BCUT2D eigenvalue weighted by atomic mass is 16.2. The molecule has 0 heterocycles. The number of ketones is 1. The quantitative estimate of drug-likeness (QED) is 0.677. The maximum Gasteiger partial charge on any atom is 0.315 e. The first-order valence-corrected chi connectivity index (χ1v) is 4.31. The van der Waals surface area contributed by atoms with Crippen molar-refractivity contribution < 1.29 is 9.59 Å². The predicted octanol–water partition coefficient (Wildman–Crippen LogP) is 1.06. The summed E-state index contributed by atoms with van der Waals surface area (Å²) in [5, 5.41) is 5.24. The van der Waals surface area contributed by atoms with Gasteiger partial charge in [-0.05, 0) is 34.6 Å². The van der Waals surface area contributed by atoms with Crippen molar-refractivity contribution in [1.29, 1.82) is 0 Å².